The van der Waals surface area contributed by atoms with Crippen LogP contribution in [0.1, 0.15) is 32.1 Å². The SMILES string of the molecule is OCC[C@H]1CCCCC12OCCO2. The summed E-state index contributed by atoms with van der Waals surface area (Å²) < 4.78 is 11.4. The van der Waals surface area contributed by atoms with Crippen LogP contribution >= 0.6 is 0 Å². The van der Waals surface area contributed by atoms with Crippen LogP contribution in [-0.2, 0) is 9.47 Å². The van der Waals surface area contributed by atoms with E-state index in [-0.39, 0.29) is 12.4 Å². The smallest absolute Gasteiger partial charge is 0.171 e. The molecule has 0 aromatic rings. The molecule has 13 heavy (non-hydrogen) atoms. The molecule has 0 amide bonds. The average Bonchev–Trinajstić information content (AvgIpc) is 2.59. The van der Waals surface area contributed by atoms with E-state index >= 15 is 0 Å². The molecule has 0 aromatic heterocycles. The first kappa shape index (κ1) is 9.44. The van der Waals surface area contributed by atoms with E-state index in [1.54, 1.807) is 0 Å². The summed E-state index contributed by atoms with van der Waals surface area (Å²) in [5.41, 5.74) is 0. The van der Waals surface area contributed by atoms with E-state index < -0.39 is 0 Å². The van der Waals surface area contributed by atoms with Gasteiger partial charge in [0.15, 0.2) is 5.79 Å². The van der Waals surface area contributed by atoms with E-state index in [0.29, 0.717) is 5.92 Å². The molecule has 3 heteroatoms. The maximum atomic E-state index is 8.95. The molecule has 0 unspecified atom stereocenters. The fraction of sp³-hybridized carbons (Fsp3) is 1.00. The minimum Gasteiger partial charge on any atom is -0.396 e. The van der Waals surface area contributed by atoms with Gasteiger partial charge < -0.3 is 14.6 Å². The fourth-order valence-electron chi connectivity index (χ4n) is 2.56. The maximum Gasteiger partial charge on any atom is 0.171 e. The van der Waals surface area contributed by atoms with Crippen LogP contribution in [0.2, 0.25) is 0 Å². The van der Waals surface area contributed by atoms with Gasteiger partial charge in [0.2, 0.25) is 0 Å². The van der Waals surface area contributed by atoms with Gasteiger partial charge in [0.25, 0.3) is 0 Å². The molecule has 2 fully saturated rings. The number of hydrogen-bond acceptors (Lipinski definition) is 3. The van der Waals surface area contributed by atoms with Crippen molar-refractivity contribution in [2.75, 3.05) is 19.8 Å². The van der Waals surface area contributed by atoms with Gasteiger partial charge in [-0.25, -0.2) is 0 Å². The molecular formula is C10H18O3. The van der Waals surface area contributed by atoms with Gasteiger partial charge in [0, 0.05) is 18.9 Å². The third-order valence-electron chi connectivity index (χ3n) is 3.20. The summed E-state index contributed by atoms with van der Waals surface area (Å²) in [5.74, 6) is 0.0924. The van der Waals surface area contributed by atoms with Crippen molar-refractivity contribution in [2.24, 2.45) is 5.92 Å². The van der Waals surface area contributed by atoms with Gasteiger partial charge in [-0.05, 0) is 19.3 Å². The Hall–Kier alpha value is -0.120. The van der Waals surface area contributed by atoms with Crippen LogP contribution in [0.4, 0.5) is 0 Å². The van der Waals surface area contributed by atoms with Crippen LogP contribution in [-0.4, -0.2) is 30.7 Å². The fourth-order valence-corrected chi connectivity index (χ4v) is 2.56. The highest BCUT2D eigenvalue weighted by molar-refractivity contribution is 4.86. The zero-order valence-electron chi connectivity index (χ0n) is 8.00. The highest BCUT2D eigenvalue weighted by atomic mass is 16.7. The predicted molar refractivity (Wildman–Crippen MR) is 48.3 cm³/mol. The summed E-state index contributed by atoms with van der Waals surface area (Å²) >= 11 is 0. The second-order valence-corrected chi connectivity index (χ2v) is 3.96. The second-order valence-electron chi connectivity index (χ2n) is 3.96. The van der Waals surface area contributed by atoms with Gasteiger partial charge in [-0.1, -0.05) is 6.42 Å². The lowest BCUT2D eigenvalue weighted by atomic mass is 9.81. The largest absolute Gasteiger partial charge is 0.396 e. The first-order valence-corrected chi connectivity index (χ1v) is 5.26. The van der Waals surface area contributed by atoms with E-state index in [9.17, 15) is 0 Å². The van der Waals surface area contributed by atoms with Crippen LogP contribution < -0.4 is 0 Å². The highest BCUT2D eigenvalue weighted by Gasteiger charge is 2.45. The topological polar surface area (TPSA) is 38.7 Å². The molecule has 76 valence electrons. The van der Waals surface area contributed by atoms with E-state index in [2.05, 4.69) is 0 Å². The van der Waals surface area contributed by atoms with Gasteiger partial charge >= 0.3 is 0 Å². The number of aliphatic hydroxyl groups excluding tert-OH is 1. The average molecular weight is 186 g/mol. The molecule has 1 N–H and O–H groups in total. The third kappa shape index (κ3) is 1.73. The second kappa shape index (κ2) is 3.95. The van der Waals surface area contributed by atoms with Gasteiger partial charge in [0.05, 0.1) is 13.2 Å². The Balaban J connectivity index is 2.03. The van der Waals surface area contributed by atoms with Gasteiger partial charge in [-0.3, -0.25) is 0 Å². The van der Waals surface area contributed by atoms with Crippen molar-refractivity contribution < 1.29 is 14.6 Å². The molecule has 3 nitrogen and oxygen atoms in total. The van der Waals surface area contributed by atoms with Crippen molar-refractivity contribution in [3.05, 3.63) is 0 Å². The molecule has 1 aliphatic heterocycles. The van der Waals surface area contributed by atoms with E-state index in [1.165, 1.54) is 12.8 Å². The van der Waals surface area contributed by atoms with Crippen molar-refractivity contribution in [3.63, 3.8) is 0 Å². The summed E-state index contributed by atoms with van der Waals surface area (Å²) in [5, 5.41) is 8.95. The monoisotopic (exact) mass is 186 g/mol. The highest BCUT2D eigenvalue weighted by Crippen LogP contribution is 2.41. The Labute approximate surface area is 79.0 Å². The van der Waals surface area contributed by atoms with Crippen LogP contribution in [0.25, 0.3) is 0 Å². The Bertz CT molecular complexity index is 162. The summed E-state index contributed by atoms with van der Waals surface area (Å²) in [6.07, 6.45) is 5.42. The van der Waals surface area contributed by atoms with Gasteiger partial charge in [0.1, 0.15) is 0 Å². The molecule has 0 bridgehead atoms. The van der Waals surface area contributed by atoms with Crippen LogP contribution in [0.15, 0.2) is 0 Å². The molecule has 2 rings (SSSR count). The standard InChI is InChI=1S/C10H18O3/c11-6-4-9-3-1-2-5-10(9)12-7-8-13-10/h9,11H,1-8H2/t9-/m1/s1. The molecule has 1 atom stereocenters. The maximum absolute atomic E-state index is 8.95. The first-order chi connectivity index (χ1) is 6.37. The van der Waals surface area contributed by atoms with E-state index in [1.807, 2.05) is 0 Å². The molecule has 1 saturated carbocycles. The van der Waals surface area contributed by atoms with Crippen LogP contribution in [0, 0.1) is 5.92 Å². The lowest BCUT2D eigenvalue weighted by Gasteiger charge is -2.39. The predicted octanol–water partition coefficient (Wildman–Crippen LogP) is 1.30. The third-order valence-corrected chi connectivity index (χ3v) is 3.20. The molecular weight excluding hydrogens is 168 g/mol. The normalized spacial score (nSPS) is 32.5. The molecule has 1 spiro atoms. The molecule has 2 aliphatic rings. The zero-order valence-corrected chi connectivity index (χ0v) is 8.00. The quantitative estimate of drug-likeness (QED) is 0.706. The lowest BCUT2D eigenvalue weighted by Crippen LogP contribution is -2.42. The number of aliphatic hydroxyl groups is 1. The number of ether oxygens (including phenoxy) is 2. The zero-order chi connectivity index (χ0) is 9.15. The van der Waals surface area contributed by atoms with Crippen molar-refractivity contribution >= 4 is 0 Å². The molecule has 1 aliphatic carbocycles. The minimum atomic E-state index is -0.318. The van der Waals surface area contributed by atoms with Gasteiger partial charge in [-0.2, -0.15) is 0 Å². The first-order valence-electron chi connectivity index (χ1n) is 5.26. The van der Waals surface area contributed by atoms with Crippen molar-refractivity contribution in [2.45, 2.75) is 37.9 Å². The van der Waals surface area contributed by atoms with E-state index in [0.717, 1.165) is 32.5 Å². The summed E-state index contributed by atoms with van der Waals surface area (Å²) in [4.78, 5) is 0. The Morgan fingerprint density at radius 1 is 1.23 bits per heavy atom. The van der Waals surface area contributed by atoms with Gasteiger partial charge in [-0.15, -0.1) is 0 Å². The molecule has 0 radical (unpaired) electrons. The minimum absolute atomic E-state index is 0.249. The molecule has 1 saturated heterocycles. The summed E-state index contributed by atoms with van der Waals surface area (Å²) in [7, 11) is 0. The Morgan fingerprint density at radius 2 is 2.00 bits per heavy atom. The summed E-state index contributed by atoms with van der Waals surface area (Å²) in [6.45, 7) is 1.70. The Morgan fingerprint density at radius 3 is 2.69 bits per heavy atom. The van der Waals surface area contributed by atoms with Crippen molar-refractivity contribution in [1.82, 2.24) is 0 Å². The number of hydrogen-bond donors (Lipinski definition) is 1. The molecule has 1 heterocycles. The van der Waals surface area contributed by atoms with E-state index in [4.69, 9.17) is 14.6 Å². The Kier molecular flexibility index (Phi) is 2.86. The van der Waals surface area contributed by atoms with Crippen molar-refractivity contribution in [1.29, 1.82) is 0 Å². The summed E-state index contributed by atoms with van der Waals surface area (Å²) in [6, 6.07) is 0. The lowest BCUT2D eigenvalue weighted by molar-refractivity contribution is -0.215. The van der Waals surface area contributed by atoms with Crippen molar-refractivity contribution in [3.8, 4) is 0 Å². The van der Waals surface area contributed by atoms with Crippen LogP contribution in [0.5, 0.6) is 0 Å². The molecule has 0 aromatic carbocycles. The number of rotatable bonds is 2. The van der Waals surface area contributed by atoms with Crippen LogP contribution in [0.3, 0.4) is 0 Å².